The number of carbonyl (C=O) groups is 2. The summed E-state index contributed by atoms with van der Waals surface area (Å²) in [6.07, 6.45) is -2.39. The zero-order chi connectivity index (χ0) is 25.4. The van der Waals surface area contributed by atoms with Gasteiger partial charge in [-0.25, -0.2) is 19.7 Å². The normalized spacial score (nSPS) is 17.7. The van der Waals surface area contributed by atoms with E-state index in [0.29, 0.717) is 27.8 Å². The number of likely N-dealkylation sites (tertiary alicyclic amines) is 1. The lowest BCUT2D eigenvalue weighted by Gasteiger charge is -2.22. The van der Waals surface area contributed by atoms with Crippen LogP contribution in [0, 0.1) is 11.8 Å². The molecule has 0 radical (unpaired) electrons. The average Bonchev–Trinajstić information content (AvgIpc) is 3.11. The summed E-state index contributed by atoms with van der Waals surface area (Å²) in [5.74, 6) is 2.63. The molecule has 9 nitrogen and oxygen atoms in total. The number of nitrogens with two attached hydrogens (primary N) is 1. The molecular formula is C23H18F3N5O4. The molecule has 1 aromatic carbocycles. The molecule has 180 valence electrons. The summed E-state index contributed by atoms with van der Waals surface area (Å²) in [7, 11) is 2.83. The Kier molecular flexibility index (Phi) is 5.94. The van der Waals surface area contributed by atoms with Crippen LogP contribution < -0.4 is 10.5 Å². The van der Waals surface area contributed by atoms with E-state index in [9.17, 15) is 22.8 Å². The van der Waals surface area contributed by atoms with E-state index in [2.05, 4.69) is 31.5 Å². The standard InChI is InChI=1S/C23H18F3N5O4/c1-31-10-8-22(20(31)32,35-21(33)23(24,25)26)7-5-13-3-4-16(34-2)15(11-13)19-29-12-14-6-9-28-18(27)17(14)30-19/h3-4,6,9,11-12H,8,10H2,1-2H3,(H2,27,28)/t22-/m0/s1. The minimum Gasteiger partial charge on any atom is -0.496 e. The Morgan fingerprint density at radius 1 is 1.26 bits per heavy atom. The van der Waals surface area contributed by atoms with Crippen molar-refractivity contribution in [2.24, 2.45) is 0 Å². The molecule has 0 unspecified atom stereocenters. The van der Waals surface area contributed by atoms with Crippen LogP contribution in [-0.2, 0) is 14.3 Å². The van der Waals surface area contributed by atoms with Crippen LogP contribution in [0.5, 0.6) is 5.75 Å². The van der Waals surface area contributed by atoms with E-state index < -0.39 is 23.7 Å². The molecule has 1 saturated heterocycles. The number of ether oxygens (including phenoxy) is 2. The van der Waals surface area contributed by atoms with Gasteiger partial charge < -0.3 is 20.1 Å². The second-order valence-electron chi connectivity index (χ2n) is 7.68. The lowest BCUT2D eigenvalue weighted by molar-refractivity contribution is -0.209. The highest BCUT2D eigenvalue weighted by Gasteiger charge is 2.53. The number of benzene rings is 1. The summed E-state index contributed by atoms with van der Waals surface area (Å²) < 4.78 is 48.5. The van der Waals surface area contributed by atoms with E-state index >= 15 is 0 Å². The summed E-state index contributed by atoms with van der Waals surface area (Å²) in [5.41, 5.74) is 4.81. The van der Waals surface area contributed by atoms with Crippen LogP contribution in [-0.4, -0.2) is 64.2 Å². The van der Waals surface area contributed by atoms with Crippen molar-refractivity contribution < 1.29 is 32.2 Å². The van der Waals surface area contributed by atoms with Crippen LogP contribution in [0.15, 0.2) is 36.7 Å². The summed E-state index contributed by atoms with van der Waals surface area (Å²) in [6.45, 7) is 0.0763. The number of nitrogens with zero attached hydrogens (tertiary/aromatic N) is 4. The van der Waals surface area contributed by atoms with Crippen molar-refractivity contribution in [3.05, 3.63) is 42.2 Å². The SMILES string of the molecule is COc1ccc(C#C[C@]2(OC(=O)C(F)(F)F)CCN(C)C2=O)cc1-c1ncc2ccnc(N)c2n1. The number of aromatic nitrogens is 3. The molecule has 12 heteroatoms. The lowest BCUT2D eigenvalue weighted by atomic mass is 10.0. The van der Waals surface area contributed by atoms with Gasteiger partial charge in [0, 0.05) is 43.4 Å². The molecule has 0 saturated carbocycles. The number of amides is 1. The molecule has 35 heavy (non-hydrogen) atoms. The third kappa shape index (κ3) is 4.52. The fraction of sp³-hybridized carbons (Fsp3) is 0.261. The summed E-state index contributed by atoms with van der Waals surface area (Å²) in [4.78, 5) is 38.0. The molecule has 3 aromatic rings. The number of hydrogen-bond donors (Lipinski definition) is 1. The van der Waals surface area contributed by atoms with E-state index in [-0.39, 0.29) is 24.6 Å². The first kappa shape index (κ1) is 23.7. The Labute approximate surface area is 197 Å². The largest absolute Gasteiger partial charge is 0.496 e. The van der Waals surface area contributed by atoms with Gasteiger partial charge in [0.2, 0.25) is 0 Å². The highest BCUT2D eigenvalue weighted by Crippen LogP contribution is 2.32. The van der Waals surface area contributed by atoms with Crippen LogP contribution >= 0.6 is 0 Å². The third-order valence-electron chi connectivity index (χ3n) is 5.37. The van der Waals surface area contributed by atoms with Gasteiger partial charge in [-0.3, -0.25) is 4.79 Å². The maximum atomic E-state index is 12.8. The maximum absolute atomic E-state index is 12.8. The van der Waals surface area contributed by atoms with E-state index in [1.807, 2.05) is 0 Å². The Morgan fingerprint density at radius 3 is 2.69 bits per heavy atom. The molecule has 1 fully saturated rings. The van der Waals surface area contributed by atoms with Crippen LogP contribution in [0.3, 0.4) is 0 Å². The van der Waals surface area contributed by atoms with Gasteiger partial charge >= 0.3 is 12.1 Å². The number of hydrogen-bond acceptors (Lipinski definition) is 8. The van der Waals surface area contributed by atoms with Crippen molar-refractivity contribution in [3.8, 4) is 29.0 Å². The Morgan fingerprint density at radius 2 is 2.03 bits per heavy atom. The maximum Gasteiger partial charge on any atom is 0.490 e. The monoisotopic (exact) mass is 485 g/mol. The van der Waals surface area contributed by atoms with E-state index in [1.54, 1.807) is 24.4 Å². The number of rotatable bonds is 3. The Balaban J connectivity index is 1.76. The van der Waals surface area contributed by atoms with Crippen molar-refractivity contribution in [1.29, 1.82) is 0 Å². The van der Waals surface area contributed by atoms with Gasteiger partial charge in [-0.05, 0) is 30.2 Å². The fourth-order valence-corrected chi connectivity index (χ4v) is 3.53. The van der Waals surface area contributed by atoms with Crippen LogP contribution in [0.1, 0.15) is 12.0 Å². The number of esters is 1. The minimum absolute atomic E-state index is 0.0763. The highest BCUT2D eigenvalue weighted by atomic mass is 19.4. The molecule has 2 aromatic heterocycles. The molecule has 0 aliphatic carbocycles. The van der Waals surface area contributed by atoms with Crippen molar-refractivity contribution in [3.63, 3.8) is 0 Å². The number of likely N-dealkylation sites (N-methyl/N-ethyl adjacent to an activating group) is 1. The number of anilines is 1. The van der Waals surface area contributed by atoms with Crippen molar-refractivity contribution in [2.75, 3.05) is 26.4 Å². The molecular weight excluding hydrogens is 467 g/mol. The van der Waals surface area contributed by atoms with Crippen LogP contribution in [0.25, 0.3) is 22.3 Å². The number of carbonyl (C=O) groups excluding carboxylic acids is 2. The molecule has 2 N–H and O–H groups in total. The van der Waals surface area contributed by atoms with Gasteiger partial charge in [0.25, 0.3) is 11.5 Å². The summed E-state index contributed by atoms with van der Waals surface area (Å²) >= 11 is 0. The van der Waals surface area contributed by atoms with Crippen molar-refractivity contribution in [2.45, 2.75) is 18.2 Å². The van der Waals surface area contributed by atoms with Gasteiger partial charge in [0.1, 0.15) is 17.1 Å². The predicted molar refractivity (Wildman–Crippen MR) is 118 cm³/mol. The highest BCUT2D eigenvalue weighted by molar-refractivity contribution is 5.94. The molecule has 0 bridgehead atoms. The third-order valence-corrected chi connectivity index (χ3v) is 5.37. The smallest absolute Gasteiger partial charge is 0.490 e. The molecule has 1 aliphatic rings. The van der Waals surface area contributed by atoms with Crippen molar-refractivity contribution in [1.82, 2.24) is 19.9 Å². The van der Waals surface area contributed by atoms with Gasteiger partial charge in [-0.1, -0.05) is 5.92 Å². The molecule has 1 amide bonds. The molecule has 1 aliphatic heterocycles. The van der Waals surface area contributed by atoms with Gasteiger partial charge in [0.05, 0.1) is 12.7 Å². The van der Waals surface area contributed by atoms with Gasteiger partial charge in [-0.15, -0.1) is 0 Å². The van der Waals surface area contributed by atoms with E-state index in [4.69, 9.17) is 10.5 Å². The molecule has 1 atom stereocenters. The first-order chi connectivity index (χ1) is 16.5. The van der Waals surface area contributed by atoms with Crippen LogP contribution in [0.4, 0.5) is 19.0 Å². The summed E-state index contributed by atoms with van der Waals surface area (Å²) in [5, 5.41) is 0.674. The molecule has 4 rings (SSSR count). The molecule has 0 spiro atoms. The van der Waals surface area contributed by atoms with Crippen LogP contribution in [0.2, 0.25) is 0 Å². The number of pyridine rings is 1. The number of fused-ring (bicyclic) bond motifs is 1. The Bertz CT molecular complexity index is 1400. The number of halogens is 3. The zero-order valence-corrected chi connectivity index (χ0v) is 18.5. The fourth-order valence-electron chi connectivity index (χ4n) is 3.53. The van der Waals surface area contributed by atoms with E-state index in [1.165, 1.54) is 26.4 Å². The van der Waals surface area contributed by atoms with Gasteiger partial charge in [-0.2, -0.15) is 13.2 Å². The quantitative estimate of drug-likeness (QED) is 0.443. The first-order valence-electron chi connectivity index (χ1n) is 10.2. The molecule has 3 heterocycles. The summed E-state index contributed by atoms with van der Waals surface area (Å²) in [6, 6.07) is 6.35. The zero-order valence-electron chi connectivity index (χ0n) is 18.5. The predicted octanol–water partition coefficient (Wildman–Crippen LogP) is 2.34. The Hall–Kier alpha value is -4.40. The average molecular weight is 485 g/mol. The number of alkyl halides is 3. The van der Waals surface area contributed by atoms with E-state index in [0.717, 1.165) is 4.90 Å². The number of methoxy groups -OCH3 is 1. The second-order valence-corrected chi connectivity index (χ2v) is 7.68. The topological polar surface area (TPSA) is 121 Å². The minimum atomic E-state index is -5.27. The van der Waals surface area contributed by atoms with Gasteiger partial charge in [0.15, 0.2) is 5.82 Å². The first-order valence-corrected chi connectivity index (χ1v) is 10.2. The number of nitrogen functional groups attached to an aromatic ring is 1. The van der Waals surface area contributed by atoms with Crippen molar-refractivity contribution >= 4 is 28.6 Å². The second kappa shape index (κ2) is 8.75. The lowest BCUT2D eigenvalue weighted by Crippen LogP contribution is -2.45.